The smallest absolute Gasteiger partial charge is 0.341 e. The number of aromatic nitrogens is 1. The Morgan fingerprint density at radius 2 is 2.29 bits per heavy atom. The fourth-order valence-electron chi connectivity index (χ4n) is 2.02. The summed E-state index contributed by atoms with van der Waals surface area (Å²) < 4.78 is 19.7. The van der Waals surface area contributed by atoms with Crippen molar-refractivity contribution in [1.82, 2.24) is 4.57 Å². The molecule has 17 heavy (non-hydrogen) atoms. The van der Waals surface area contributed by atoms with Gasteiger partial charge in [-0.2, -0.15) is 4.39 Å². The molecule has 0 spiro atoms. The minimum Gasteiger partial charge on any atom is -0.462 e. The summed E-state index contributed by atoms with van der Waals surface area (Å²) >= 11 is 5.72. The Bertz CT molecular complexity index is 538. The molecule has 6 heteroatoms. The van der Waals surface area contributed by atoms with Gasteiger partial charge in [-0.3, -0.25) is 4.79 Å². The van der Waals surface area contributed by atoms with E-state index in [1.807, 2.05) is 0 Å². The Hall–Kier alpha value is -1.36. The Morgan fingerprint density at radius 1 is 1.59 bits per heavy atom. The van der Waals surface area contributed by atoms with Crippen molar-refractivity contribution in [3.63, 3.8) is 0 Å². The molecule has 2 heterocycles. The molecular formula is C11H11ClFNO3. The highest BCUT2D eigenvalue weighted by atomic mass is 35.5. The van der Waals surface area contributed by atoms with Crippen molar-refractivity contribution in [2.75, 3.05) is 6.61 Å². The van der Waals surface area contributed by atoms with Crippen LogP contribution < -0.4 is 5.56 Å². The number of ether oxygens (including phenoxy) is 1. The molecule has 0 bridgehead atoms. The lowest BCUT2D eigenvalue weighted by molar-refractivity contribution is 0.0523. The van der Waals surface area contributed by atoms with Gasteiger partial charge in [0.25, 0.3) is 5.56 Å². The van der Waals surface area contributed by atoms with Gasteiger partial charge < -0.3 is 9.30 Å². The Balaban J connectivity index is 2.67. The number of nitrogens with zero attached hydrogens (tertiary/aromatic N) is 1. The number of hydrogen-bond acceptors (Lipinski definition) is 3. The lowest BCUT2D eigenvalue weighted by Crippen LogP contribution is -2.26. The van der Waals surface area contributed by atoms with Gasteiger partial charge in [-0.05, 0) is 19.8 Å². The highest BCUT2D eigenvalue weighted by Gasteiger charge is 2.28. The second-order valence-corrected chi connectivity index (χ2v) is 4.11. The van der Waals surface area contributed by atoms with Crippen LogP contribution in [0.3, 0.4) is 0 Å². The Labute approximate surface area is 102 Å². The van der Waals surface area contributed by atoms with Crippen molar-refractivity contribution < 1.29 is 13.9 Å². The number of esters is 1. The summed E-state index contributed by atoms with van der Waals surface area (Å²) in [6.45, 7) is 2.24. The first-order chi connectivity index (χ1) is 8.07. The molecule has 0 unspecified atom stereocenters. The fourth-order valence-corrected chi connectivity index (χ4v) is 2.29. The number of carbonyl (C=O) groups excluding carboxylic acids is 1. The van der Waals surface area contributed by atoms with Crippen molar-refractivity contribution >= 4 is 17.6 Å². The van der Waals surface area contributed by atoms with Crippen LogP contribution in [0.4, 0.5) is 4.39 Å². The van der Waals surface area contributed by atoms with Gasteiger partial charge in [0.2, 0.25) is 5.82 Å². The van der Waals surface area contributed by atoms with Crippen LogP contribution in [0.1, 0.15) is 29.4 Å². The van der Waals surface area contributed by atoms with Crippen LogP contribution in [0.15, 0.2) is 4.79 Å². The molecule has 1 aromatic rings. The van der Waals surface area contributed by atoms with E-state index in [1.54, 1.807) is 6.92 Å². The Kier molecular flexibility index (Phi) is 3.19. The van der Waals surface area contributed by atoms with Gasteiger partial charge in [0, 0.05) is 12.2 Å². The van der Waals surface area contributed by atoms with E-state index in [1.165, 1.54) is 4.57 Å². The van der Waals surface area contributed by atoms with Gasteiger partial charge in [0.05, 0.1) is 11.6 Å². The minimum absolute atomic E-state index is 0.0110. The third kappa shape index (κ3) is 1.84. The van der Waals surface area contributed by atoms with Crippen molar-refractivity contribution in [3.05, 3.63) is 32.5 Å². The van der Waals surface area contributed by atoms with Crippen LogP contribution in [0, 0.1) is 5.82 Å². The monoisotopic (exact) mass is 259 g/mol. The largest absolute Gasteiger partial charge is 0.462 e. The molecule has 0 radical (unpaired) electrons. The van der Waals surface area contributed by atoms with Crippen molar-refractivity contribution in [2.24, 2.45) is 0 Å². The molecule has 1 aliphatic heterocycles. The van der Waals surface area contributed by atoms with Crippen molar-refractivity contribution in [2.45, 2.75) is 26.3 Å². The summed E-state index contributed by atoms with van der Waals surface area (Å²) in [6, 6.07) is 0. The molecule has 4 nitrogen and oxygen atoms in total. The highest BCUT2D eigenvalue weighted by molar-refractivity contribution is 6.33. The lowest BCUT2D eigenvalue weighted by atomic mass is 10.1. The van der Waals surface area contributed by atoms with Gasteiger partial charge in [-0.1, -0.05) is 11.6 Å². The SMILES string of the molecule is CCOC(=O)c1c(Cl)c(F)c(=O)n2c1CCC2. The molecule has 0 saturated heterocycles. The number of halogens is 2. The molecule has 0 N–H and O–H groups in total. The van der Waals surface area contributed by atoms with Gasteiger partial charge >= 0.3 is 5.97 Å². The minimum atomic E-state index is -1.08. The number of hydrogen-bond donors (Lipinski definition) is 0. The summed E-state index contributed by atoms with van der Waals surface area (Å²) in [5.41, 5.74) is -0.307. The first kappa shape index (κ1) is 12.1. The van der Waals surface area contributed by atoms with E-state index >= 15 is 0 Å². The maximum atomic E-state index is 13.6. The van der Waals surface area contributed by atoms with Crippen LogP contribution in [0.2, 0.25) is 5.02 Å². The molecule has 0 saturated carbocycles. The first-order valence-corrected chi connectivity index (χ1v) is 5.73. The van der Waals surface area contributed by atoms with E-state index in [-0.39, 0.29) is 12.2 Å². The van der Waals surface area contributed by atoms with Gasteiger partial charge in [-0.15, -0.1) is 0 Å². The molecule has 0 aromatic carbocycles. The maximum absolute atomic E-state index is 13.6. The second-order valence-electron chi connectivity index (χ2n) is 3.73. The zero-order valence-electron chi connectivity index (χ0n) is 9.26. The third-order valence-corrected chi connectivity index (χ3v) is 3.09. The van der Waals surface area contributed by atoms with E-state index in [0.717, 1.165) is 0 Å². The van der Waals surface area contributed by atoms with E-state index in [4.69, 9.17) is 16.3 Å². The third-order valence-electron chi connectivity index (χ3n) is 2.73. The van der Waals surface area contributed by atoms with Crippen LogP contribution in [0.5, 0.6) is 0 Å². The van der Waals surface area contributed by atoms with Crippen LogP contribution >= 0.6 is 11.6 Å². The van der Waals surface area contributed by atoms with Crippen molar-refractivity contribution in [3.8, 4) is 0 Å². The van der Waals surface area contributed by atoms with E-state index in [9.17, 15) is 14.0 Å². The van der Waals surface area contributed by atoms with E-state index in [2.05, 4.69) is 0 Å². The Morgan fingerprint density at radius 3 is 2.94 bits per heavy atom. The van der Waals surface area contributed by atoms with Crippen LogP contribution in [-0.2, 0) is 17.7 Å². The number of carbonyl (C=O) groups is 1. The first-order valence-electron chi connectivity index (χ1n) is 5.35. The van der Waals surface area contributed by atoms with E-state index < -0.39 is 22.4 Å². The van der Waals surface area contributed by atoms with E-state index in [0.29, 0.717) is 25.1 Å². The molecule has 0 atom stereocenters. The fraction of sp³-hybridized carbons (Fsp3) is 0.455. The predicted octanol–water partition coefficient (Wildman–Crippen LogP) is 1.76. The molecule has 0 fully saturated rings. The second kappa shape index (κ2) is 4.49. The molecule has 0 aliphatic carbocycles. The molecule has 92 valence electrons. The standard InChI is InChI=1S/C11H11ClFNO3/c1-2-17-11(16)7-6-4-3-5-14(6)10(15)9(13)8(7)12/h2-5H2,1H3. The lowest BCUT2D eigenvalue weighted by Gasteiger charge is -2.11. The molecular weight excluding hydrogens is 249 g/mol. The highest BCUT2D eigenvalue weighted by Crippen LogP contribution is 2.26. The van der Waals surface area contributed by atoms with Crippen LogP contribution in [0.25, 0.3) is 0 Å². The normalized spacial score (nSPS) is 13.6. The number of rotatable bonds is 2. The zero-order chi connectivity index (χ0) is 12.6. The number of pyridine rings is 1. The average Bonchev–Trinajstić information content (AvgIpc) is 2.75. The summed E-state index contributed by atoms with van der Waals surface area (Å²) in [5.74, 6) is -1.76. The number of fused-ring (bicyclic) bond motifs is 1. The van der Waals surface area contributed by atoms with Gasteiger partial charge in [0.15, 0.2) is 0 Å². The van der Waals surface area contributed by atoms with Crippen molar-refractivity contribution in [1.29, 1.82) is 0 Å². The predicted molar refractivity (Wildman–Crippen MR) is 59.9 cm³/mol. The van der Waals surface area contributed by atoms with Crippen LogP contribution in [-0.4, -0.2) is 17.1 Å². The van der Waals surface area contributed by atoms with Gasteiger partial charge in [0.1, 0.15) is 5.56 Å². The summed E-state index contributed by atoms with van der Waals surface area (Å²) in [4.78, 5) is 23.3. The summed E-state index contributed by atoms with van der Waals surface area (Å²) in [6.07, 6.45) is 1.23. The average molecular weight is 260 g/mol. The summed E-state index contributed by atoms with van der Waals surface area (Å²) in [5, 5.41) is -0.429. The maximum Gasteiger partial charge on any atom is 0.341 e. The molecule has 2 rings (SSSR count). The molecule has 1 aliphatic rings. The summed E-state index contributed by atoms with van der Waals surface area (Å²) in [7, 11) is 0. The topological polar surface area (TPSA) is 48.3 Å². The quantitative estimate of drug-likeness (QED) is 0.761. The zero-order valence-corrected chi connectivity index (χ0v) is 10.0. The molecule has 0 amide bonds. The molecule has 1 aromatic heterocycles. The van der Waals surface area contributed by atoms with Gasteiger partial charge in [-0.25, -0.2) is 4.79 Å².